The molecule has 0 amide bonds. The molecule has 0 radical (unpaired) electrons. The number of hydrogen-bond acceptors (Lipinski definition) is 4. The number of hydrogen-bond donors (Lipinski definition) is 1. The van der Waals surface area contributed by atoms with Crippen LogP contribution in [0.25, 0.3) is 11.4 Å². The largest absolute Gasteiger partial charge is 0.388 e. The van der Waals surface area contributed by atoms with Gasteiger partial charge in [-0.05, 0) is 18.6 Å². The lowest BCUT2D eigenvalue weighted by atomic mass is 10.1. The highest BCUT2D eigenvalue weighted by Gasteiger charge is 2.06. The van der Waals surface area contributed by atoms with E-state index < -0.39 is 0 Å². The first-order valence-corrected chi connectivity index (χ1v) is 4.80. The van der Waals surface area contributed by atoms with E-state index in [0.717, 1.165) is 11.3 Å². The second-order valence-electron chi connectivity index (χ2n) is 3.42. The third-order valence-corrected chi connectivity index (χ3v) is 2.29. The van der Waals surface area contributed by atoms with Crippen LogP contribution in [0, 0.1) is 13.8 Å². The summed E-state index contributed by atoms with van der Waals surface area (Å²) in [5, 5.41) is 7.00. The molecule has 2 aromatic rings. The summed E-state index contributed by atoms with van der Waals surface area (Å²) in [5.74, 6) is 1.21. The standard InChI is InChI=1S/C11H13N3O/c1-7-4-5-9(6-10(7)12-3)11-13-8(2)15-14-11/h4-6,12H,1-3H3. The van der Waals surface area contributed by atoms with Crippen LogP contribution in [0.3, 0.4) is 0 Å². The molecule has 0 atom stereocenters. The summed E-state index contributed by atoms with van der Waals surface area (Å²) in [6.45, 7) is 3.83. The quantitative estimate of drug-likeness (QED) is 0.814. The van der Waals surface area contributed by atoms with E-state index in [1.807, 2.05) is 25.2 Å². The van der Waals surface area contributed by atoms with Gasteiger partial charge < -0.3 is 9.84 Å². The number of anilines is 1. The molecule has 0 saturated heterocycles. The first-order valence-electron chi connectivity index (χ1n) is 4.80. The highest BCUT2D eigenvalue weighted by Crippen LogP contribution is 2.22. The van der Waals surface area contributed by atoms with Gasteiger partial charge in [0.05, 0.1) is 0 Å². The number of rotatable bonds is 2. The topological polar surface area (TPSA) is 51.0 Å². The van der Waals surface area contributed by atoms with Gasteiger partial charge in [-0.2, -0.15) is 4.98 Å². The van der Waals surface area contributed by atoms with Crippen LogP contribution in [0.4, 0.5) is 5.69 Å². The molecule has 4 heteroatoms. The van der Waals surface area contributed by atoms with Gasteiger partial charge in [0.1, 0.15) is 0 Å². The van der Waals surface area contributed by atoms with Crippen LogP contribution in [0.1, 0.15) is 11.5 Å². The Hall–Kier alpha value is -1.84. The summed E-state index contributed by atoms with van der Waals surface area (Å²) in [7, 11) is 1.90. The maximum Gasteiger partial charge on any atom is 0.223 e. The van der Waals surface area contributed by atoms with E-state index in [9.17, 15) is 0 Å². The summed E-state index contributed by atoms with van der Waals surface area (Å²) in [6.07, 6.45) is 0. The van der Waals surface area contributed by atoms with Gasteiger partial charge in [0.2, 0.25) is 11.7 Å². The molecule has 0 aliphatic rings. The van der Waals surface area contributed by atoms with E-state index in [1.165, 1.54) is 5.56 Å². The zero-order valence-corrected chi connectivity index (χ0v) is 9.03. The number of aryl methyl sites for hydroxylation is 2. The molecule has 1 aromatic carbocycles. The Morgan fingerprint density at radius 1 is 1.27 bits per heavy atom. The molecule has 0 saturated carbocycles. The zero-order chi connectivity index (χ0) is 10.8. The van der Waals surface area contributed by atoms with Gasteiger partial charge in [-0.25, -0.2) is 0 Å². The lowest BCUT2D eigenvalue weighted by Gasteiger charge is -2.05. The summed E-state index contributed by atoms with van der Waals surface area (Å²) < 4.78 is 4.94. The number of nitrogens with zero attached hydrogens (tertiary/aromatic N) is 2. The van der Waals surface area contributed by atoms with Crippen molar-refractivity contribution in [3.8, 4) is 11.4 Å². The van der Waals surface area contributed by atoms with Crippen LogP contribution in [0.2, 0.25) is 0 Å². The van der Waals surface area contributed by atoms with Crippen molar-refractivity contribution in [2.45, 2.75) is 13.8 Å². The molecule has 0 aliphatic carbocycles. The third-order valence-electron chi connectivity index (χ3n) is 2.29. The van der Waals surface area contributed by atoms with Crippen molar-refractivity contribution < 1.29 is 4.52 Å². The lowest BCUT2D eigenvalue weighted by Crippen LogP contribution is -1.92. The summed E-state index contributed by atoms with van der Waals surface area (Å²) in [5.41, 5.74) is 3.23. The van der Waals surface area contributed by atoms with Crippen LogP contribution >= 0.6 is 0 Å². The first kappa shape index (κ1) is 9.71. The monoisotopic (exact) mass is 203 g/mol. The van der Waals surface area contributed by atoms with Gasteiger partial charge in [-0.15, -0.1) is 0 Å². The average Bonchev–Trinajstić information content (AvgIpc) is 2.66. The van der Waals surface area contributed by atoms with Crippen molar-refractivity contribution in [2.24, 2.45) is 0 Å². The fraction of sp³-hybridized carbons (Fsp3) is 0.273. The molecule has 0 fully saturated rings. The number of aromatic nitrogens is 2. The van der Waals surface area contributed by atoms with Crippen molar-refractivity contribution in [3.05, 3.63) is 29.7 Å². The van der Waals surface area contributed by atoms with Crippen LogP contribution in [0.15, 0.2) is 22.7 Å². The fourth-order valence-corrected chi connectivity index (χ4v) is 1.45. The summed E-state index contributed by atoms with van der Waals surface area (Å²) in [4.78, 5) is 4.18. The first-order chi connectivity index (χ1) is 7.20. The Labute approximate surface area is 88.3 Å². The Kier molecular flexibility index (Phi) is 2.41. The van der Waals surface area contributed by atoms with Crippen LogP contribution in [-0.2, 0) is 0 Å². The van der Waals surface area contributed by atoms with Crippen LogP contribution < -0.4 is 5.32 Å². The average molecular weight is 203 g/mol. The molecule has 78 valence electrons. The van der Waals surface area contributed by atoms with Gasteiger partial charge in [0.15, 0.2) is 0 Å². The third kappa shape index (κ3) is 1.83. The van der Waals surface area contributed by atoms with E-state index in [1.54, 1.807) is 6.92 Å². The second kappa shape index (κ2) is 3.73. The molecule has 15 heavy (non-hydrogen) atoms. The predicted octanol–water partition coefficient (Wildman–Crippen LogP) is 2.40. The van der Waals surface area contributed by atoms with E-state index in [2.05, 4.69) is 22.4 Å². The van der Waals surface area contributed by atoms with Gasteiger partial charge in [-0.1, -0.05) is 17.3 Å². The molecule has 0 spiro atoms. The number of nitrogens with one attached hydrogen (secondary N) is 1. The minimum Gasteiger partial charge on any atom is -0.388 e. The maximum atomic E-state index is 4.94. The molecule has 0 bridgehead atoms. The molecule has 0 aliphatic heterocycles. The second-order valence-corrected chi connectivity index (χ2v) is 3.42. The molecule has 1 heterocycles. The lowest BCUT2D eigenvalue weighted by molar-refractivity contribution is 0.394. The molecular formula is C11H13N3O. The van der Waals surface area contributed by atoms with Crippen LogP contribution in [-0.4, -0.2) is 17.2 Å². The highest BCUT2D eigenvalue weighted by molar-refractivity contribution is 5.64. The van der Waals surface area contributed by atoms with Gasteiger partial charge in [0, 0.05) is 25.2 Å². The van der Waals surface area contributed by atoms with E-state index >= 15 is 0 Å². The van der Waals surface area contributed by atoms with Gasteiger partial charge in [-0.3, -0.25) is 0 Å². The SMILES string of the molecule is CNc1cc(-c2noc(C)n2)ccc1C. The summed E-state index contributed by atoms with van der Waals surface area (Å²) >= 11 is 0. The van der Waals surface area contributed by atoms with Crippen LogP contribution in [0.5, 0.6) is 0 Å². The molecule has 1 N–H and O–H groups in total. The molecule has 0 unspecified atom stereocenters. The van der Waals surface area contributed by atoms with Gasteiger partial charge >= 0.3 is 0 Å². The molecule has 2 rings (SSSR count). The fourth-order valence-electron chi connectivity index (χ4n) is 1.45. The smallest absolute Gasteiger partial charge is 0.223 e. The Balaban J connectivity index is 2.45. The minimum atomic E-state index is 0.580. The Morgan fingerprint density at radius 2 is 2.07 bits per heavy atom. The minimum absolute atomic E-state index is 0.580. The van der Waals surface area contributed by atoms with Crippen molar-refractivity contribution in [1.82, 2.24) is 10.1 Å². The van der Waals surface area contributed by atoms with Crippen molar-refractivity contribution in [1.29, 1.82) is 0 Å². The Bertz CT molecular complexity index is 476. The van der Waals surface area contributed by atoms with E-state index in [0.29, 0.717) is 11.7 Å². The van der Waals surface area contributed by atoms with E-state index in [4.69, 9.17) is 4.52 Å². The van der Waals surface area contributed by atoms with E-state index in [-0.39, 0.29) is 0 Å². The predicted molar refractivity (Wildman–Crippen MR) is 58.8 cm³/mol. The summed E-state index contributed by atoms with van der Waals surface area (Å²) in [6, 6.07) is 6.03. The maximum absolute atomic E-state index is 4.94. The Morgan fingerprint density at radius 3 is 2.67 bits per heavy atom. The molecule has 1 aromatic heterocycles. The van der Waals surface area contributed by atoms with Crippen molar-refractivity contribution in [2.75, 3.05) is 12.4 Å². The van der Waals surface area contributed by atoms with Crippen molar-refractivity contribution in [3.63, 3.8) is 0 Å². The normalized spacial score (nSPS) is 10.3. The van der Waals surface area contributed by atoms with Gasteiger partial charge in [0.25, 0.3) is 0 Å². The zero-order valence-electron chi connectivity index (χ0n) is 9.03. The molecule has 4 nitrogen and oxygen atoms in total. The van der Waals surface area contributed by atoms with Crippen molar-refractivity contribution >= 4 is 5.69 Å². The highest BCUT2D eigenvalue weighted by atomic mass is 16.5. The molecular weight excluding hydrogens is 190 g/mol. The number of benzene rings is 1.